The van der Waals surface area contributed by atoms with E-state index in [2.05, 4.69) is 63.1 Å². The number of aliphatic hydroxyl groups is 1. The van der Waals surface area contributed by atoms with Gasteiger partial charge in [0.15, 0.2) is 0 Å². The molecule has 0 aromatic rings. The molecule has 0 fully saturated rings. The maximum atomic E-state index is 10.8. The average Bonchev–Trinajstić information content (AvgIpc) is 3.17. The molecule has 5 unspecified atom stereocenters. The van der Waals surface area contributed by atoms with E-state index in [0.29, 0.717) is 6.04 Å². The second-order valence-electron chi connectivity index (χ2n) is 7.64. The highest BCUT2D eigenvalue weighted by Crippen LogP contribution is 2.30. The Hall–Kier alpha value is -2.57. The van der Waals surface area contributed by atoms with Crippen molar-refractivity contribution in [2.24, 2.45) is 16.6 Å². The number of allylic oxidation sites excluding steroid dienone is 4. The Bertz CT molecular complexity index is 776. The molecule has 5 N–H and O–H groups in total. The summed E-state index contributed by atoms with van der Waals surface area (Å²) in [6.07, 6.45) is 25.3. The third-order valence-electron chi connectivity index (χ3n) is 5.70. The number of nitrogens with zero attached hydrogens (tertiary/aromatic N) is 2. The molecule has 0 amide bonds. The highest BCUT2D eigenvalue weighted by molar-refractivity contribution is 5.65. The molecule has 1 heterocycles. The van der Waals surface area contributed by atoms with Crippen LogP contribution in [0.3, 0.4) is 0 Å². The summed E-state index contributed by atoms with van der Waals surface area (Å²) in [6.45, 7) is 0. The lowest BCUT2D eigenvalue weighted by Gasteiger charge is -2.35. The lowest BCUT2D eigenvalue weighted by molar-refractivity contribution is 0.0828. The van der Waals surface area contributed by atoms with E-state index in [4.69, 9.17) is 5.73 Å². The predicted octanol–water partition coefficient (Wildman–Crippen LogP) is 2.02. The summed E-state index contributed by atoms with van der Waals surface area (Å²) in [5.41, 5.74) is 7.63. The van der Waals surface area contributed by atoms with Gasteiger partial charge in [0.1, 0.15) is 6.23 Å². The van der Waals surface area contributed by atoms with Crippen molar-refractivity contribution >= 4 is 6.34 Å². The second kappa shape index (κ2) is 8.63. The maximum Gasteiger partial charge on any atom is 0.112 e. The first-order chi connectivity index (χ1) is 13.7. The molecule has 0 spiro atoms. The summed E-state index contributed by atoms with van der Waals surface area (Å²) in [5.74, 6) is 0.0244. The molecular formula is C22H29N5O. The van der Waals surface area contributed by atoms with E-state index >= 15 is 0 Å². The van der Waals surface area contributed by atoms with Gasteiger partial charge in [0.25, 0.3) is 0 Å². The Labute approximate surface area is 166 Å². The first-order valence-corrected chi connectivity index (χ1v) is 10.1. The van der Waals surface area contributed by atoms with Gasteiger partial charge in [0.2, 0.25) is 0 Å². The normalized spacial score (nSPS) is 32.4. The van der Waals surface area contributed by atoms with E-state index < -0.39 is 6.23 Å². The zero-order valence-electron chi connectivity index (χ0n) is 16.0. The van der Waals surface area contributed by atoms with Crippen LogP contribution in [-0.4, -0.2) is 40.7 Å². The lowest BCUT2D eigenvalue weighted by Crippen LogP contribution is -2.47. The number of rotatable bonds is 6. The van der Waals surface area contributed by atoms with Gasteiger partial charge in [0.05, 0.1) is 12.4 Å². The van der Waals surface area contributed by atoms with E-state index in [9.17, 15) is 5.11 Å². The summed E-state index contributed by atoms with van der Waals surface area (Å²) in [4.78, 5) is 6.98. The highest BCUT2D eigenvalue weighted by atomic mass is 16.3. The van der Waals surface area contributed by atoms with E-state index in [-0.39, 0.29) is 18.0 Å². The molecule has 4 aliphatic rings. The molecule has 0 aromatic heterocycles. The number of nitrogens with two attached hydrogens (primary N) is 1. The fourth-order valence-corrected chi connectivity index (χ4v) is 4.25. The molecule has 0 bridgehead atoms. The Morgan fingerprint density at radius 2 is 2.18 bits per heavy atom. The summed E-state index contributed by atoms with van der Waals surface area (Å²) in [7, 11) is 0. The average molecular weight is 380 g/mol. The van der Waals surface area contributed by atoms with Gasteiger partial charge in [-0.3, -0.25) is 10.3 Å². The molecule has 5 atom stereocenters. The third-order valence-corrected chi connectivity index (χ3v) is 5.70. The zero-order valence-corrected chi connectivity index (χ0v) is 16.0. The van der Waals surface area contributed by atoms with Crippen LogP contribution in [0.25, 0.3) is 0 Å². The van der Waals surface area contributed by atoms with Crippen LogP contribution in [-0.2, 0) is 0 Å². The second-order valence-corrected chi connectivity index (χ2v) is 7.64. The molecule has 3 aliphatic carbocycles. The van der Waals surface area contributed by atoms with Crippen LogP contribution in [0.4, 0.5) is 0 Å². The van der Waals surface area contributed by atoms with Crippen molar-refractivity contribution in [1.29, 1.82) is 0 Å². The molecule has 6 nitrogen and oxygen atoms in total. The molecule has 0 saturated heterocycles. The number of hydrogen-bond acceptors (Lipinski definition) is 6. The van der Waals surface area contributed by atoms with Crippen molar-refractivity contribution in [3.63, 3.8) is 0 Å². The van der Waals surface area contributed by atoms with Crippen LogP contribution < -0.4 is 16.4 Å². The van der Waals surface area contributed by atoms with Crippen molar-refractivity contribution in [2.45, 2.75) is 50.0 Å². The van der Waals surface area contributed by atoms with Crippen LogP contribution in [0.15, 0.2) is 77.4 Å². The van der Waals surface area contributed by atoms with E-state index in [0.717, 1.165) is 31.4 Å². The lowest BCUT2D eigenvalue weighted by atomic mass is 9.92. The first-order valence-electron chi connectivity index (χ1n) is 10.1. The fraction of sp³-hybridized carbons (Fsp3) is 0.409. The molecule has 0 saturated carbocycles. The monoisotopic (exact) mass is 379 g/mol. The topological polar surface area (TPSA) is 85.9 Å². The SMILES string of the molecule is N/C=C\NC1=CC(C(O)NC2C=CCC(N3C=NC4CC=CC=C43)C2)CC=C1. The maximum absolute atomic E-state index is 10.8. The van der Waals surface area contributed by atoms with Gasteiger partial charge < -0.3 is 21.1 Å². The Morgan fingerprint density at radius 1 is 1.25 bits per heavy atom. The van der Waals surface area contributed by atoms with Crippen LogP contribution >= 0.6 is 0 Å². The smallest absolute Gasteiger partial charge is 0.112 e. The van der Waals surface area contributed by atoms with Crippen molar-refractivity contribution in [3.05, 3.63) is 72.4 Å². The predicted molar refractivity (Wildman–Crippen MR) is 113 cm³/mol. The van der Waals surface area contributed by atoms with Gasteiger partial charge in [-0.1, -0.05) is 36.5 Å². The van der Waals surface area contributed by atoms with Gasteiger partial charge in [0, 0.05) is 41.8 Å². The largest absolute Gasteiger partial charge is 0.403 e. The number of hydrogen-bond donors (Lipinski definition) is 4. The summed E-state index contributed by atoms with van der Waals surface area (Å²) >= 11 is 0. The Morgan fingerprint density at radius 3 is 3.07 bits per heavy atom. The van der Waals surface area contributed by atoms with Crippen molar-refractivity contribution < 1.29 is 5.11 Å². The molecular weight excluding hydrogens is 350 g/mol. The molecule has 1 aliphatic heterocycles. The number of nitrogens with one attached hydrogen (secondary N) is 2. The van der Waals surface area contributed by atoms with Gasteiger partial charge in [-0.15, -0.1) is 0 Å². The Kier molecular flexibility index (Phi) is 5.78. The quantitative estimate of drug-likeness (QED) is 0.419. The first kappa shape index (κ1) is 18.8. The van der Waals surface area contributed by atoms with Gasteiger partial charge >= 0.3 is 0 Å². The van der Waals surface area contributed by atoms with Crippen LogP contribution in [0.5, 0.6) is 0 Å². The highest BCUT2D eigenvalue weighted by Gasteiger charge is 2.32. The van der Waals surface area contributed by atoms with Crippen LogP contribution in [0.1, 0.15) is 25.7 Å². The van der Waals surface area contributed by atoms with Gasteiger partial charge in [-0.2, -0.15) is 0 Å². The molecule has 148 valence electrons. The Balaban J connectivity index is 1.36. The molecule has 28 heavy (non-hydrogen) atoms. The minimum absolute atomic E-state index is 0.0244. The minimum Gasteiger partial charge on any atom is -0.403 e. The van der Waals surface area contributed by atoms with Crippen molar-refractivity contribution in [1.82, 2.24) is 15.5 Å². The number of aliphatic hydroxyl groups excluding tert-OH is 1. The minimum atomic E-state index is -0.603. The van der Waals surface area contributed by atoms with E-state index in [1.165, 1.54) is 11.9 Å². The van der Waals surface area contributed by atoms with Gasteiger partial charge in [-0.25, -0.2) is 0 Å². The fourth-order valence-electron chi connectivity index (χ4n) is 4.25. The molecule has 4 rings (SSSR count). The molecule has 0 radical (unpaired) electrons. The standard InChI is InChI=1S/C22H29N5O/c23-11-12-24-17-6-3-5-16(13-17)22(28)26-18-7-4-8-19(14-18)27-15-25-20-9-1-2-10-21(20)27/h1-4,6-7,10-13,15-16,18-20,22,24,26,28H,5,8-9,14,23H2/b12-11-. The summed E-state index contributed by atoms with van der Waals surface area (Å²) in [6, 6.07) is 0.788. The summed E-state index contributed by atoms with van der Waals surface area (Å²) in [5, 5.41) is 17.3. The number of aliphatic imine (C=N–C) groups is 1. The van der Waals surface area contributed by atoms with Crippen LogP contribution in [0.2, 0.25) is 0 Å². The van der Waals surface area contributed by atoms with E-state index in [1.807, 2.05) is 12.4 Å². The molecule has 0 aromatic carbocycles. The van der Waals surface area contributed by atoms with Crippen molar-refractivity contribution in [3.8, 4) is 0 Å². The number of fused-ring (bicyclic) bond motifs is 1. The zero-order chi connectivity index (χ0) is 19.3. The van der Waals surface area contributed by atoms with E-state index in [1.54, 1.807) is 6.20 Å². The van der Waals surface area contributed by atoms with Crippen molar-refractivity contribution in [2.75, 3.05) is 0 Å². The molecule has 6 heteroatoms. The van der Waals surface area contributed by atoms with Crippen LogP contribution in [0, 0.1) is 5.92 Å². The third kappa shape index (κ3) is 4.13. The summed E-state index contributed by atoms with van der Waals surface area (Å²) < 4.78 is 0. The van der Waals surface area contributed by atoms with Gasteiger partial charge in [-0.05, 0) is 37.8 Å².